The minimum Gasteiger partial charge on any atom is -0.494 e. The zero-order chi connectivity index (χ0) is 81.7. The van der Waals surface area contributed by atoms with Crippen LogP contribution in [0.2, 0.25) is 0 Å². The lowest BCUT2D eigenvalue weighted by molar-refractivity contribution is 0.300. The standard InChI is InChI=1S/5C20H25O2S.5FH/c5*1-2-3-4-5-6-15-21-18-9-7-17(8-10-18)16-22-19-11-13-20(23)14-12-19;;;;;/h5*7-14H,2-6,15-16H2,1H3;5*1H. The van der Waals surface area contributed by atoms with Crippen LogP contribution in [0.1, 0.15) is 223 Å². The fourth-order valence-electron chi connectivity index (χ4n) is 11.4. The highest BCUT2D eigenvalue weighted by atomic mass is 32.1. The summed E-state index contributed by atoms with van der Waals surface area (Å²) in [6.07, 6.45) is 31.5. The Morgan fingerprint density at radius 1 is 0.150 bits per heavy atom. The van der Waals surface area contributed by atoms with E-state index in [1.165, 1.54) is 128 Å². The van der Waals surface area contributed by atoms with Gasteiger partial charge in [-0.2, -0.15) is 0 Å². The second-order valence-corrected chi connectivity index (χ2v) is 30.7. The van der Waals surface area contributed by atoms with Gasteiger partial charge in [0.05, 0.1) is 33.0 Å². The molecular formula is C100H130F5O10S5. The summed E-state index contributed by atoms with van der Waals surface area (Å²) in [5, 5.41) is 0. The van der Waals surface area contributed by atoms with Crippen molar-refractivity contribution < 1.29 is 70.9 Å². The van der Waals surface area contributed by atoms with Crippen LogP contribution >= 0.6 is 63.1 Å². The molecule has 655 valence electrons. The zero-order valence-electron chi connectivity index (χ0n) is 71.0. The van der Waals surface area contributed by atoms with Crippen molar-refractivity contribution in [1.82, 2.24) is 0 Å². The number of unbranched alkanes of at least 4 members (excludes halogenated alkanes) is 20. The molecule has 0 atom stereocenters. The molecule has 0 N–H and O–H groups in total. The highest BCUT2D eigenvalue weighted by Crippen LogP contribution is 2.25. The van der Waals surface area contributed by atoms with Gasteiger partial charge in [0.15, 0.2) is 0 Å². The molecule has 0 amide bonds. The van der Waals surface area contributed by atoms with E-state index < -0.39 is 0 Å². The molecule has 0 aromatic heterocycles. The Kier molecular flexibility index (Phi) is 64.1. The molecule has 0 heterocycles. The molecule has 0 saturated heterocycles. The van der Waals surface area contributed by atoms with Gasteiger partial charge in [-0.05, 0) is 242 Å². The summed E-state index contributed by atoms with van der Waals surface area (Å²) >= 11 is 25.3. The van der Waals surface area contributed by atoms with Gasteiger partial charge in [-0.25, -0.2) is 0 Å². The van der Waals surface area contributed by atoms with Gasteiger partial charge in [-0.15, -0.1) is 0 Å². The summed E-state index contributed by atoms with van der Waals surface area (Å²) in [7, 11) is 0. The van der Waals surface area contributed by atoms with Crippen LogP contribution < -0.4 is 47.4 Å². The predicted molar refractivity (Wildman–Crippen MR) is 499 cm³/mol. The number of rotatable bonds is 50. The topological polar surface area (TPSA) is 92.3 Å². The first-order chi connectivity index (χ1) is 56.4. The summed E-state index contributed by atoms with van der Waals surface area (Å²) in [6, 6.07) is 78.4. The third-order valence-electron chi connectivity index (χ3n) is 18.3. The third-order valence-corrected chi connectivity index (χ3v) is 19.7. The van der Waals surface area contributed by atoms with Crippen molar-refractivity contribution in [3.05, 3.63) is 270 Å². The molecule has 0 spiro atoms. The fourth-order valence-corrected chi connectivity index (χ4v) is 12.1. The maximum atomic E-state index is 5.76. The smallest absolute Gasteiger partial charge is 0.119 e. The normalized spacial score (nSPS) is 10.0. The van der Waals surface area contributed by atoms with Crippen molar-refractivity contribution in [1.29, 1.82) is 0 Å². The molecule has 5 radical (unpaired) electrons. The van der Waals surface area contributed by atoms with Crippen LogP contribution in [-0.4, -0.2) is 33.0 Å². The zero-order valence-corrected chi connectivity index (χ0v) is 75.1. The Morgan fingerprint density at radius 2 is 0.267 bits per heavy atom. The van der Waals surface area contributed by atoms with Gasteiger partial charge in [0, 0.05) is 24.5 Å². The quantitative estimate of drug-likeness (QED) is 0.0271. The molecule has 0 aliphatic rings. The maximum Gasteiger partial charge on any atom is 0.119 e. The van der Waals surface area contributed by atoms with Crippen molar-refractivity contribution in [3.8, 4) is 57.5 Å². The van der Waals surface area contributed by atoms with Crippen LogP contribution in [0.5, 0.6) is 57.5 Å². The first-order valence-corrected chi connectivity index (χ1v) is 44.0. The number of hydrogen-bond donors (Lipinski definition) is 0. The number of halogens is 5. The molecule has 10 aromatic carbocycles. The lowest BCUT2D eigenvalue weighted by Crippen LogP contribution is -1.98. The van der Waals surface area contributed by atoms with E-state index in [-0.39, 0.29) is 23.5 Å². The molecule has 10 rings (SSSR count). The Labute approximate surface area is 742 Å². The van der Waals surface area contributed by atoms with Crippen molar-refractivity contribution in [2.45, 2.75) is 253 Å². The molecule has 120 heavy (non-hydrogen) atoms. The van der Waals surface area contributed by atoms with Gasteiger partial charge in [0.2, 0.25) is 0 Å². The van der Waals surface area contributed by atoms with Gasteiger partial charge in [0.1, 0.15) is 90.5 Å². The van der Waals surface area contributed by atoms with Gasteiger partial charge in [0.25, 0.3) is 0 Å². The molecule has 0 bridgehead atoms. The molecule has 0 unspecified atom stereocenters. The summed E-state index contributed by atoms with van der Waals surface area (Å²) < 4.78 is 57.5. The van der Waals surface area contributed by atoms with E-state index in [0.717, 1.165) is 175 Å². The highest BCUT2D eigenvalue weighted by Gasteiger charge is 2.07. The second kappa shape index (κ2) is 70.6. The molecule has 0 aliphatic heterocycles. The van der Waals surface area contributed by atoms with E-state index in [4.69, 9.17) is 111 Å². The second-order valence-electron chi connectivity index (χ2n) is 28.3. The number of hydrogen-bond acceptors (Lipinski definition) is 10. The fraction of sp³-hybridized carbons (Fsp3) is 0.400. The van der Waals surface area contributed by atoms with Crippen LogP contribution in [0, 0.1) is 0 Å². The van der Waals surface area contributed by atoms with Crippen molar-refractivity contribution >= 4 is 63.1 Å². The highest BCUT2D eigenvalue weighted by molar-refractivity contribution is 7.81. The first-order valence-electron chi connectivity index (χ1n) is 42.0. The van der Waals surface area contributed by atoms with Crippen molar-refractivity contribution in [2.24, 2.45) is 0 Å². The van der Waals surface area contributed by atoms with Crippen LogP contribution in [0.25, 0.3) is 0 Å². The van der Waals surface area contributed by atoms with Crippen molar-refractivity contribution in [2.75, 3.05) is 33.0 Å². The molecule has 10 aromatic rings. The summed E-state index contributed by atoms with van der Waals surface area (Å²) in [5.74, 6) is 8.85. The first kappa shape index (κ1) is 109. The van der Waals surface area contributed by atoms with Crippen molar-refractivity contribution in [3.63, 3.8) is 0 Å². The SMILES string of the molecule is CCCCCCCOc1ccc(COc2ccc([S])cc2)cc1.CCCCCCCOc1ccc(COc2ccc([S])cc2)cc1.CCCCCCCOc1ccc(COc2ccc([S])cc2)cc1.CCCCCCCOc1ccc(COc2ccc([S])cc2)cc1.CCCCCCCOc1ccc(COc2ccc([S])cc2)cc1.F.F.F.F.F. The third kappa shape index (κ3) is 52.2. The lowest BCUT2D eigenvalue weighted by atomic mass is 10.2. The molecule has 0 aliphatic carbocycles. The predicted octanol–water partition coefficient (Wildman–Crippen LogP) is 31.6. The van der Waals surface area contributed by atoms with E-state index in [9.17, 15) is 0 Å². The molecule has 0 saturated carbocycles. The van der Waals surface area contributed by atoms with Gasteiger partial charge >= 0.3 is 0 Å². The van der Waals surface area contributed by atoms with Crippen LogP contribution in [0.3, 0.4) is 0 Å². The van der Waals surface area contributed by atoms with E-state index in [2.05, 4.69) is 34.6 Å². The largest absolute Gasteiger partial charge is 0.494 e. The Balaban J connectivity index is 0.000000742. The van der Waals surface area contributed by atoms with Crippen LogP contribution in [0.4, 0.5) is 23.5 Å². The molecule has 0 fully saturated rings. The molecule has 10 nitrogen and oxygen atoms in total. The number of benzene rings is 10. The Hall–Kier alpha value is -9.05. The summed E-state index contributed by atoms with van der Waals surface area (Å²) in [4.78, 5) is 4.14. The molecular weight excluding hydrogens is 1620 g/mol. The lowest BCUT2D eigenvalue weighted by Gasteiger charge is -2.09. The minimum atomic E-state index is 0. The number of ether oxygens (including phenoxy) is 10. The Bertz CT molecular complexity index is 3380. The van der Waals surface area contributed by atoms with Crippen LogP contribution in [0.15, 0.2) is 267 Å². The summed E-state index contributed by atoms with van der Waals surface area (Å²) in [6.45, 7) is 17.9. The van der Waals surface area contributed by atoms with E-state index in [1.807, 2.05) is 243 Å². The van der Waals surface area contributed by atoms with Gasteiger partial charge in [-0.1, -0.05) is 287 Å². The average molecular weight is 1750 g/mol. The minimum absolute atomic E-state index is 0. The Morgan fingerprint density at radius 3 is 0.400 bits per heavy atom. The van der Waals surface area contributed by atoms with Crippen LogP contribution in [-0.2, 0) is 33.0 Å². The van der Waals surface area contributed by atoms with E-state index in [0.29, 0.717) is 33.0 Å². The summed E-state index contributed by atoms with van der Waals surface area (Å²) in [5.41, 5.74) is 5.64. The molecule has 20 heteroatoms. The van der Waals surface area contributed by atoms with Gasteiger partial charge < -0.3 is 47.4 Å². The maximum absolute atomic E-state index is 5.76. The van der Waals surface area contributed by atoms with E-state index >= 15 is 0 Å². The average Bonchev–Trinajstić information content (AvgIpc) is 0.908. The van der Waals surface area contributed by atoms with E-state index in [1.54, 1.807) is 0 Å². The van der Waals surface area contributed by atoms with Gasteiger partial charge in [-0.3, -0.25) is 23.5 Å². The monoisotopic (exact) mass is 1750 g/mol.